The first-order valence-corrected chi connectivity index (χ1v) is 11.9. The third-order valence-electron chi connectivity index (χ3n) is 6.10. The predicted octanol–water partition coefficient (Wildman–Crippen LogP) is 5.06. The van der Waals surface area contributed by atoms with Gasteiger partial charge in [-0.2, -0.15) is 5.10 Å². The van der Waals surface area contributed by atoms with E-state index in [1.54, 1.807) is 23.3 Å². The molecule has 0 unspecified atom stereocenters. The van der Waals surface area contributed by atoms with Crippen LogP contribution in [0, 0.1) is 6.92 Å². The number of aryl methyl sites for hydroxylation is 1. The third kappa shape index (κ3) is 3.34. The average molecular weight is 468 g/mol. The van der Waals surface area contributed by atoms with Crippen LogP contribution >= 0.6 is 11.3 Å². The molecule has 3 aromatic heterocycles. The molecule has 0 fully saturated rings. The van der Waals surface area contributed by atoms with Gasteiger partial charge < -0.3 is 9.64 Å². The maximum Gasteiger partial charge on any atom is 0.279 e. The molecule has 0 saturated carbocycles. The zero-order valence-corrected chi connectivity index (χ0v) is 19.5. The fourth-order valence-electron chi connectivity index (χ4n) is 4.43. The Morgan fingerprint density at radius 1 is 1.06 bits per heavy atom. The van der Waals surface area contributed by atoms with Gasteiger partial charge in [-0.15, -0.1) is 11.3 Å². The minimum absolute atomic E-state index is 0.113. The van der Waals surface area contributed by atoms with Gasteiger partial charge in [-0.05, 0) is 61.9 Å². The van der Waals surface area contributed by atoms with Crippen molar-refractivity contribution in [1.82, 2.24) is 19.7 Å². The monoisotopic (exact) mass is 467 g/mol. The zero-order chi connectivity index (χ0) is 23.2. The van der Waals surface area contributed by atoms with Crippen LogP contribution in [0.2, 0.25) is 0 Å². The van der Waals surface area contributed by atoms with E-state index in [1.165, 1.54) is 0 Å². The molecule has 4 heterocycles. The van der Waals surface area contributed by atoms with E-state index >= 15 is 0 Å². The number of thiazole rings is 1. The number of hydrogen-bond acceptors (Lipinski definition) is 6. The van der Waals surface area contributed by atoms with E-state index in [1.807, 2.05) is 71.7 Å². The lowest BCUT2D eigenvalue weighted by molar-refractivity contribution is 0.0975. The molecule has 0 saturated heterocycles. The molecule has 0 spiro atoms. The first-order valence-electron chi connectivity index (χ1n) is 11.0. The number of amides is 1. The van der Waals surface area contributed by atoms with Crippen molar-refractivity contribution in [3.8, 4) is 22.8 Å². The van der Waals surface area contributed by atoms with Crippen molar-refractivity contribution in [3.63, 3.8) is 0 Å². The fourth-order valence-corrected chi connectivity index (χ4v) is 5.15. The number of anilines is 1. The van der Waals surface area contributed by atoms with Crippen molar-refractivity contribution in [1.29, 1.82) is 0 Å². The molecule has 7 nitrogen and oxygen atoms in total. The van der Waals surface area contributed by atoms with E-state index in [0.717, 1.165) is 44.2 Å². The SMILES string of the molecule is COc1ccc(N2CCc3c(nn(-c4cccc(C)n4)c3-c3ccc4ncsc4c3)C2=O)cc1. The number of hydrogen-bond donors (Lipinski definition) is 0. The van der Waals surface area contributed by atoms with Gasteiger partial charge in [-0.25, -0.2) is 14.6 Å². The first-order chi connectivity index (χ1) is 16.6. The predicted molar refractivity (Wildman–Crippen MR) is 133 cm³/mol. The number of fused-ring (bicyclic) bond motifs is 2. The minimum atomic E-state index is -0.113. The van der Waals surface area contributed by atoms with Crippen molar-refractivity contribution in [2.45, 2.75) is 13.3 Å². The Balaban J connectivity index is 1.51. The lowest BCUT2D eigenvalue weighted by Crippen LogP contribution is -2.37. The van der Waals surface area contributed by atoms with Gasteiger partial charge in [0.05, 0.1) is 28.5 Å². The number of carbonyl (C=O) groups is 1. The molecule has 0 radical (unpaired) electrons. The number of benzene rings is 2. The molecule has 1 amide bonds. The molecule has 6 rings (SSSR count). The highest BCUT2D eigenvalue weighted by atomic mass is 32.1. The second-order valence-electron chi connectivity index (χ2n) is 8.16. The standard InChI is InChI=1S/C26H21N5O2S/c1-16-4-3-5-23(28-16)31-25(17-6-11-21-22(14-17)34-15-27-21)20-12-13-30(26(32)24(20)29-31)18-7-9-19(33-2)10-8-18/h3-11,14-15H,12-13H2,1-2H3. The van der Waals surface area contributed by atoms with Crippen LogP contribution in [0.15, 0.2) is 66.2 Å². The summed E-state index contributed by atoms with van der Waals surface area (Å²) < 4.78 is 8.17. The van der Waals surface area contributed by atoms with Gasteiger partial charge >= 0.3 is 0 Å². The lowest BCUT2D eigenvalue weighted by Gasteiger charge is -2.26. The topological polar surface area (TPSA) is 73.1 Å². The van der Waals surface area contributed by atoms with Gasteiger partial charge in [0.15, 0.2) is 11.5 Å². The van der Waals surface area contributed by atoms with Crippen molar-refractivity contribution >= 4 is 33.1 Å². The van der Waals surface area contributed by atoms with Crippen molar-refractivity contribution < 1.29 is 9.53 Å². The van der Waals surface area contributed by atoms with Crippen LogP contribution in [0.3, 0.4) is 0 Å². The lowest BCUT2D eigenvalue weighted by atomic mass is 9.98. The largest absolute Gasteiger partial charge is 0.497 e. The maximum atomic E-state index is 13.6. The van der Waals surface area contributed by atoms with Crippen molar-refractivity contribution in [2.24, 2.45) is 0 Å². The van der Waals surface area contributed by atoms with Crippen molar-refractivity contribution in [3.05, 3.63) is 83.1 Å². The Labute approximate surface area is 200 Å². The maximum absolute atomic E-state index is 13.6. The molecule has 8 heteroatoms. The van der Waals surface area contributed by atoms with Gasteiger partial charge in [0, 0.05) is 29.1 Å². The average Bonchev–Trinajstić information content (AvgIpc) is 3.49. The Morgan fingerprint density at radius 2 is 1.91 bits per heavy atom. The number of rotatable bonds is 4. The number of aromatic nitrogens is 4. The summed E-state index contributed by atoms with van der Waals surface area (Å²) in [4.78, 5) is 24.5. The molecule has 0 bridgehead atoms. The van der Waals surface area contributed by atoms with Gasteiger partial charge in [0.25, 0.3) is 5.91 Å². The van der Waals surface area contributed by atoms with Crippen LogP contribution < -0.4 is 9.64 Å². The Morgan fingerprint density at radius 3 is 2.71 bits per heavy atom. The molecule has 0 N–H and O–H groups in total. The highest BCUT2D eigenvalue weighted by molar-refractivity contribution is 7.16. The summed E-state index contributed by atoms with van der Waals surface area (Å²) in [7, 11) is 1.63. The van der Waals surface area contributed by atoms with Crippen LogP contribution in [0.5, 0.6) is 5.75 Å². The first kappa shape index (κ1) is 20.6. The summed E-state index contributed by atoms with van der Waals surface area (Å²) in [6, 6.07) is 19.6. The van der Waals surface area contributed by atoms with Gasteiger partial charge in [0.2, 0.25) is 0 Å². The molecule has 1 aliphatic rings. The summed E-state index contributed by atoms with van der Waals surface area (Å²) >= 11 is 1.60. The Bertz CT molecular complexity index is 1540. The summed E-state index contributed by atoms with van der Waals surface area (Å²) in [6.45, 7) is 2.52. The summed E-state index contributed by atoms with van der Waals surface area (Å²) in [5, 5.41) is 4.82. The van der Waals surface area contributed by atoms with E-state index in [-0.39, 0.29) is 5.91 Å². The molecular formula is C26H21N5O2S. The quantitative estimate of drug-likeness (QED) is 0.369. The van der Waals surface area contributed by atoms with Crippen LogP contribution in [-0.4, -0.2) is 39.3 Å². The van der Waals surface area contributed by atoms with Crippen LogP contribution in [-0.2, 0) is 6.42 Å². The molecule has 34 heavy (non-hydrogen) atoms. The van der Waals surface area contributed by atoms with E-state index < -0.39 is 0 Å². The van der Waals surface area contributed by atoms with E-state index in [9.17, 15) is 4.79 Å². The van der Waals surface area contributed by atoms with Crippen LogP contribution in [0.1, 0.15) is 21.7 Å². The fraction of sp³-hybridized carbons (Fsp3) is 0.154. The second-order valence-corrected chi connectivity index (χ2v) is 9.05. The smallest absolute Gasteiger partial charge is 0.279 e. The molecule has 5 aromatic rings. The number of pyridine rings is 1. The Kier molecular flexibility index (Phi) is 4.88. The molecule has 1 aliphatic heterocycles. The highest BCUT2D eigenvalue weighted by Crippen LogP contribution is 2.35. The summed E-state index contributed by atoms with van der Waals surface area (Å²) in [5.41, 5.74) is 7.84. The van der Waals surface area contributed by atoms with Crippen LogP contribution in [0.4, 0.5) is 5.69 Å². The van der Waals surface area contributed by atoms with Gasteiger partial charge in [-0.1, -0.05) is 12.1 Å². The van der Waals surface area contributed by atoms with E-state index in [0.29, 0.717) is 24.5 Å². The normalized spacial score (nSPS) is 13.4. The van der Waals surface area contributed by atoms with E-state index in [4.69, 9.17) is 14.8 Å². The summed E-state index contributed by atoms with van der Waals surface area (Å²) in [6.07, 6.45) is 0.689. The Hall–Kier alpha value is -4.04. The summed E-state index contributed by atoms with van der Waals surface area (Å²) in [5.74, 6) is 1.33. The highest BCUT2D eigenvalue weighted by Gasteiger charge is 2.33. The van der Waals surface area contributed by atoms with Crippen molar-refractivity contribution in [2.75, 3.05) is 18.6 Å². The number of nitrogens with zero attached hydrogens (tertiary/aromatic N) is 5. The number of carbonyl (C=O) groups excluding carboxylic acids is 1. The molecular weight excluding hydrogens is 446 g/mol. The van der Waals surface area contributed by atoms with Gasteiger partial charge in [-0.3, -0.25) is 4.79 Å². The van der Waals surface area contributed by atoms with Gasteiger partial charge in [0.1, 0.15) is 5.75 Å². The van der Waals surface area contributed by atoms with Crippen LogP contribution in [0.25, 0.3) is 27.3 Å². The number of ether oxygens (including phenoxy) is 1. The molecule has 2 aromatic carbocycles. The third-order valence-corrected chi connectivity index (χ3v) is 6.89. The van der Waals surface area contributed by atoms with E-state index in [2.05, 4.69) is 11.1 Å². The molecule has 0 atom stereocenters. The molecule has 168 valence electrons. The number of methoxy groups -OCH3 is 1. The minimum Gasteiger partial charge on any atom is -0.497 e. The zero-order valence-electron chi connectivity index (χ0n) is 18.7. The molecule has 0 aliphatic carbocycles. The second kappa shape index (κ2) is 8.07.